The smallest absolute Gasteiger partial charge is 0.251 e. The van der Waals surface area contributed by atoms with Crippen LogP contribution in [0.25, 0.3) is 0 Å². The zero-order chi connectivity index (χ0) is 15.4. The van der Waals surface area contributed by atoms with Crippen LogP contribution in [0.2, 0.25) is 0 Å². The minimum absolute atomic E-state index is 0.0452. The van der Waals surface area contributed by atoms with Crippen molar-refractivity contribution in [2.24, 2.45) is 11.8 Å². The summed E-state index contributed by atoms with van der Waals surface area (Å²) in [6.45, 7) is 6.97. The summed E-state index contributed by atoms with van der Waals surface area (Å²) >= 11 is 0. The van der Waals surface area contributed by atoms with E-state index in [1.165, 1.54) is 12.8 Å². The largest absolute Gasteiger partial charge is 0.492 e. The van der Waals surface area contributed by atoms with Crippen molar-refractivity contribution in [1.82, 2.24) is 5.32 Å². The molecule has 0 heterocycles. The number of nitrogens with two attached hydrogens (primary N) is 1. The number of nitrogens with one attached hydrogen (secondary N) is 1. The number of hydrogen-bond acceptors (Lipinski definition) is 3. The third-order valence-electron chi connectivity index (χ3n) is 4.32. The van der Waals surface area contributed by atoms with Crippen LogP contribution in [0.4, 0.5) is 5.69 Å². The number of ether oxygens (including phenoxy) is 1. The van der Waals surface area contributed by atoms with Crippen molar-refractivity contribution in [3.63, 3.8) is 0 Å². The fourth-order valence-corrected chi connectivity index (χ4v) is 3.11. The highest BCUT2D eigenvalue weighted by atomic mass is 16.5. The van der Waals surface area contributed by atoms with Gasteiger partial charge in [-0.25, -0.2) is 0 Å². The van der Waals surface area contributed by atoms with Crippen molar-refractivity contribution in [2.75, 3.05) is 12.3 Å². The van der Waals surface area contributed by atoms with Crippen LogP contribution in [0.5, 0.6) is 5.75 Å². The van der Waals surface area contributed by atoms with Crippen LogP contribution in [0.1, 0.15) is 50.4 Å². The lowest BCUT2D eigenvalue weighted by molar-refractivity contribution is 0.0899. The molecule has 116 valence electrons. The van der Waals surface area contributed by atoms with E-state index in [1.807, 2.05) is 6.92 Å². The predicted octanol–water partition coefficient (Wildman–Crippen LogP) is 3.22. The predicted molar refractivity (Wildman–Crippen MR) is 85.5 cm³/mol. The fraction of sp³-hybridized carbons (Fsp3) is 0.588. The van der Waals surface area contributed by atoms with Gasteiger partial charge >= 0.3 is 0 Å². The minimum atomic E-state index is -0.0452. The van der Waals surface area contributed by atoms with Gasteiger partial charge in [-0.3, -0.25) is 4.79 Å². The van der Waals surface area contributed by atoms with Crippen LogP contribution >= 0.6 is 0 Å². The van der Waals surface area contributed by atoms with Gasteiger partial charge in [0.1, 0.15) is 5.75 Å². The van der Waals surface area contributed by atoms with E-state index < -0.39 is 0 Å². The third-order valence-corrected chi connectivity index (χ3v) is 4.32. The highest BCUT2D eigenvalue weighted by molar-refractivity contribution is 5.95. The van der Waals surface area contributed by atoms with E-state index in [1.54, 1.807) is 18.2 Å². The number of benzene rings is 1. The Labute approximate surface area is 127 Å². The van der Waals surface area contributed by atoms with E-state index in [0.29, 0.717) is 29.5 Å². The van der Waals surface area contributed by atoms with Gasteiger partial charge in [-0.2, -0.15) is 0 Å². The van der Waals surface area contributed by atoms with Gasteiger partial charge in [0.2, 0.25) is 0 Å². The molecule has 0 spiro atoms. The van der Waals surface area contributed by atoms with Crippen LogP contribution < -0.4 is 15.8 Å². The molecule has 2 rings (SSSR count). The Kier molecular flexibility index (Phi) is 5.10. The molecule has 1 amide bonds. The summed E-state index contributed by atoms with van der Waals surface area (Å²) in [5, 5.41) is 3.15. The van der Waals surface area contributed by atoms with Crippen LogP contribution in [0.3, 0.4) is 0 Å². The van der Waals surface area contributed by atoms with E-state index in [9.17, 15) is 4.79 Å². The second-order valence-corrected chi connectivity index (χ2v) is 6.16. The summed E-state index contributed by atoms with van der Waals surface area (Å²) in [5.74, 6) is 1.87. The normalized spacial score (nSPS) is 25.4. The molecular weight excluding hydrogens is 264 g/mol. The second kappa shape index (κ2) is 6.83. The lowest BCUT2D eigenvalue weighted by Crippen LogP contribution is -2.42. The van der Waals surface area contributed by atoms with Crippen LogP contribution in [-0.2, 0) is 0 Å². The highest BCUT2D eigenvalue weighted by Gasteiger charge is 2.26. The van der Waals surface area contributed by atoms with Gasteiger partial charge in [0.15, 0.2) is 0 Å². The Morgan fingerprint density at radius 2 is 2.14 bits per heavy atom. The van der Waals surface area contributed by atoms with Gasteiger partial charge in [-0.15, -0.1) is 0 Å². The molecule has 3 atom stereocenters. The molecule has 0 radical (unpaired) electrons. The maximum atomic E-state index is 12.4. The standard InChI is InChI=1S/C17H26N2O2/c1-4-21-16-8-6-13(10-14(16)18)17(20)19-15-7-5-11(2)9-12(15)3/h6,8,10-12,15H,4-5,7,9,18H2,1-3H3,(H,19,20). The van der Waals surface area contributed by atoms with Crippen molar-refractivity contribution >= 4 is 11.6 Å². The molecule has 4 nitrogen and oxygen atoms in total. The Hall–Kier alpha value is -1.71. The van der Waals surface area contributed by atoms with E-state index in [4.69, 9.17) is 10.5 Å². The molecule has 1 fully saturated rings. The summed E-state index contributed by atoms with van der Waals surface area (Å²) in [4.78, 5) is 12.4. The second-order valence-electron chi connectivity index (χ2n) is 6.16. The van der Waals surface area contributed by atoms with Crippen LogP contribution in [0.15, 0.2) is 18.2 Å². The summed E-state index contributed by atoms with van der Waals surface area (Å²) < 4.78 is 5.39. The van der Waals surface area contributed by atoms with Gasteiger partial charge < -0.3 is 15.8 Å². The Balaban J connectivity index is 2.01. The molecule has 3 N–H and O–H groups in total. The molecule has 0 saturated heterocycles. The molecular formula is C17H26N2O2. The van der Waals surface area contributed by atoms with E-state index in [2.05, 4.69) is 19.2 Å². The Bertz CT molecular complexity index is 502. The molecule has 4 heteroatoms. The van der Waals surface area contributed by atoms with Crippen LogP contribution in [0, 0.1) is 11.8 Å². The maximum absolute atomic E-state index is 12.4. The summed E-state index contributed by atoms with van der Waals surface area (Å²) in [6, 6.07) is 5.49. The number of nitrogen functional groups attached to an aromatic ring is 1. The molecule has 0 aliphatic heterocycles. The first kappa shape index (κ1) is 15.7. The van der Waals surface area contributed by atoms with Gasteiger partial charge in [-0.05, 0) is 56.2 Å². The lowest BCUT2D eigenvalue weighted by atomic mass is 9.80. The first-order chi connectivity index (χ1) is 10.0. The van der Waals surface area contributed by atoms with Crippen molar-refractivity contribution in [1.29, 1.82) is 0 Å². The number of hydrogen-bond donors (Lipinski definition) is 2. The average Bonchev–Trinajstić information content (AvgIpc) is 2.44. The number of amides is 1. The minimum Gasteiger partial charge on any atom is -0.492 e. The van der Waals surface area contributed by atoms with Crippen molar-refractivity contribution in [2.45, 2.75) is 46.1 Å². The molecule has 1 aromatic rings. The van der Waals surface area contributed by atoms with Crippen molar-refractivity contribution < 1.29 is 9.53 Å². The van der Waals surface area contributed by atoms with Crippen molar-refractivity contribution in [3.05, 3.63) is 23.8 Å². The number of carbonyl (C=O) groups is 1. The van der Waals surface area contributed by atoms with E-state index in [0.717, 1.165) is 12.3 Å². The molecule has 1 aromatic carbocycles. The molecule has 21 heavy (non-hydrogen) atoms. The van der Waals surface area contributed by atoms with E-state index in [-0.39, 0.29) is 11.9 Å². The average molecular weight is 290 g/mol. The van der Waals surface area contributed by atoms with E-state index >= 15 is 0 Å². The number of anilines is 1. The SMILES string of the molecule is CCOc1ccc(C(=O)NC2CCC(C)CC2C)cc1N. The molecule has 3 unspecified atom stereocenters. The molecule has 0 aromatic heterocycles. The molecule has 0 bridgehead atoms. The number of carbonyl (C=O) groups excluding carboxylic acids is 1. The zero-order valence-electron chi connectivity index (χ0n) is 13.2. The highest BCUT2D eigenvalue weighted by Crippen LogP contribution is 2.29. The molecule has 1 saturated carbocycles. The first-order valence-corrected chi connectivity index (χ1v) is 7.84. The summed E-state index contributed by atoms with van der Waals surface area (Å²) in [5.41, 5.74) is 7.03. The van der Waals surface area contributed by atoms with Gasteiger partial charge in [0, 0.05) is 11.6 Å². The van der Waals surface area contributed by atoms with Crippen molar-refractivity contribution in [3.8, 4) is 5.75 Å². The van der Waals surface area contributed by atoms with Gasteiger partial charge in [0.25, 0.3) is 5.91 Å². The quantitative estimate of drug-likeness (QED) is 0.837. The van der Waals surface area contributed by atoms with Gasteiger partial charge in [-0.1, -0.05) is 13.8 Å². The summed E-state index contributed by atoms with van der Waals surface area (Å²) in [6.07, 6.45) is 3.41. The topological polar surface area (TPSA) is 64.3 Å². The van der Waals surface area contributed by atoms with Gasteiger partial charge in [0.05, 0.1) is 12.3 Å². The van der Waals surface area contributed by atoms with Crippen LogP contribution in [-0.4, -0.2) is 18.6 Å². The summed E-state index contributed by atoms with van der Waals surface area (Å²) in [7, 11) is 0. The fourth-order valence-electron chi connectivity index (χ4n) is 3.11. The third kappa shape index (κ3) is 3.90. The first-order valence-electron chi connectivity index (χ1n) is 7.84. The zero-order valence-corrected chi connectivity index (χ0v) is 13.2. The molecule has 1 aliphatic carbocycles. The Morgan fingerprint density at radius 1 is 1.38 bits per heavy atom. The monoisotopic (exact) mass is 290 g/mol. The molecule has 1 aliphatic rings. The maximum Gasteiger partial charge on any atom is 0.251 e. The number of rotatable bonds is 4. The Morgan fingerprint density at radius 3 is 2.76 bits per heavy atom. The lowest BCUT2D eigenvalue weighted by Gasteiger charge is -2.33.